The Kier molecular flexibility index (Phi) is 9.89. The Hall–Kier alpha value is -3.50. The van der Waals surface area contributed by atoms with E-state index < -0.39 is 11.9 Å². The topological polar surface area (TPSA) is 76.9 Å². The molecule has 0 spiro atoms. The zero-order valence-corrected chi connectivity index (χ0v) is 23.2. The lowest BCUT2D eigenvalue weighted by molar-refractivity contribution is -0.117. The van der Waals surface area contributed by atoms with Crippen LogP contribution in [0.5, 0.6) is 0 Å². The molecule has 0 bridgehead atoms. The van der Waals surface area contributed by atoms with Gasteiger partial charge in [-0.3, -0.25) is 9.48 Å². The van der Waals surface area contributed by atoms with Crippen molar-refractivity contribution in [1.82, 2.24) is 14.8 Å². The number of hydrogen-bond acceptors (Lipinski definition) is 5. The van der Waals surface area contributed by atoms with E-state index >= 15 is 0 Å². The van der Waals surface area contributed by atoms with Crippen LogP contribution in [0.25, 0.3) is 0 Å². The molecule has 1 N–H and O–H groups in total. The first-order valence-corrected chi connectivity index (χ1v) is 13.9. The number of ketones is 2. The molecule has 1 aliphatic rings. The van der Waals surface area contributed by atoms with Crippen LogP contribution in [-0.2, 0) is 11.3 Å². The maximum Gasteiger partial charge on any atom is 0.204 e. The van der Waals surface area contributed by atoms with Crippen LogP contribution in [0.1, 0.15) is 80.4 Å². The zero-order valence-electron chi connectivity index (χ0n) is 22.4. The normalized spacial score (nSPS) is 17.6. The third kappa shape index (κ3) is 8.00. The van der Waals surface area contributed by atoms with Gasteiger partial charge in [-0.05, 0) is 56.7 Å². The molecule has 1 unspecified atom stereocenters. The summed E-state index contributed by atoms with van der Waals surface area (Å²) in [7, 11) is 0. The Labute approximate surface area is 234 Å². The number of nitrogens with zero attached hydrogens (tertiary/aromatic N) is 3. The van der Waals surface area contributed by atoms with Crippen molar-refractivity contribution in [2.45, 2.75) is 71.4 Å². The number of anilines is 1. The average Bonchev–Trinajstić information content (AvgIpc) is 3.31. The molecule has 3 aromatic rings. The molecule has 4 rings (SSSR count). The standard InChI is InChI=1S/C31H34ClFN4O2/c1-21(38)8-9-24-10-12-25(13-11-24)16-17-37-29(27(32)20-35-37)30(39)22(2)36-31-28(33)18-26(19-34-31)15-14-23-6-4-3-5-7-23/h3-7,18-20,22,24-25H,8-13,16-17H2,1-2H3,(H,34,36). The summed E-state index contributed by atoms with van der Waals surface area (Å²) in [5, 5.41) is 7.50. The van der Waals surface area contributed by atoms with Crippen molar-refractivity contribution in [2.75, 3.05) is 5.32 Å². The van der Waals surface area contributed by atoms with E-state index in [2.05, 4.69) is 27.2 Å². The van der Waals surface area contributed by atoms with Crippen LogP contribution in [0.4, 0.5) is 10.2 Å². The van der Waals surface area contributed by atoms with Crippen molar-refractivity contribution in [3.63, 3.8) is 0 Å². The lowest BCUT2D eigenvalue weighted by atomic mass is 9.78. The number of nitrogens with one attached hydrogen (secondary N) is 1. The summed E-state index contributed by atoms with van der Waals surface area (Å²) in [5.41, 5.74) is 1.58. The molecule has 8 heteroatoms. The van der Waals surface area contributed by atoms with Gasteiger partial charge in [-0.25, -0.2) is 9.37 Å². The highest BCUT2D eigenvalue weighted by atomic mass is 35.5. The maximum absolute atomic E-state index is 14.8. The van der Waals surface area contributed by atoms with Gasteiger partial charge in [0, 0.05) is 30.3 Å². The van der Waals surface area contributed by atoms with Gasteiger partial charge in [-0.2, -0.15) is 5.10 Å². The van der Waals surface area contributed by atoms with E-state index in [0.717, 1.165) is 44.1 Å². The Morgan fingerprint density at radius 2 is 1.74 bits per heavy atom. The molecule has 0 amide bonds. The number of halogens is 2. The second-order valence-electron chi connectivity index (χ2n) is 10.4. The van der Waals surface area contributed by atoms with Crippen molar-refractivity contribution in [2.24, 2.45) is 11.8 Å². The number of aryl methyl sites for hydroxylation is 1. The van der Waals surface area contributed by atoms with E-state index in [0.29, 0.717) is 36.1 Å². The molecule has 1 fully saturated rings. The van der Waals surface area contributed by atoms with Gasteiger partial charge in [0.1, 0.15) is 11.5 Å². The van der Waals surface area contributed by atoms with Gasteiger partial charge in [-0.15, -0.1) is 0 Å². The van der Waals surface area contributed by atoms with E-state index in [1.54, 1.807) is 18.5 Å². The van der Waals surface area contributed by atoms with Crippen LogP contribution >= 0.6 is 11.6 Å². The predicted octanol–water partition coefficient (Wildman–Crippen LogP) is 6.72. The first-order chi connectivity index (χ1) is 18.8. The fourth-order valence-electron chi connectivity index (χ4n) is 5.05. The summed E-state index contributed by atoms with van der Waals surface area (Å²) in [5.74, 6) is 6.44. The fourth-order valence-corrected chi connectivity index (χ4v) is 5.29. The van der Waals surface area contributed by atoms with E-state index in [4.69, 9.17) is 11.6 Å². The number of pyridine rings is 1. The van der Waals surface area contributed by atoms with Gasteiger partial charge in [0.25, 0.3) is 0 Å². The van der Waals surface area contributed by atoms with E-state index in [1.165, 1.54) is 18.5 Å². The molecule has 1 aliphatic carbocycles. The lowest BCUT2D eigenvalue weighted by Gasteiger charge is -2.28. The second-order valence-corrected chi connectivity index (χ2v) is 10.8. The quantitative estimate of drug-likeness (QED) is 0.225. The van der Waals surface area contributed by atoms with Crippen LogP contribution in [0.3, 0.4) is 0 Å². The van der Waals surface area contributed by atoms with Crippen molar-refractivity contribution >= 4 is 29.0 Å². The monoisotopic (exact) mass is 548 g/mol. The molecule has 6 nitrogen and oxygen atoms in total. The minimum absolute atomic E-state index is 0.0233. The first kappa shape index (κ1) is 28.5. The third-order valence-corrected chi connectivity index (χ3v) is 7.64. The summed E-state index contributed by atoms with van der Waals surface area (Å²) >= 11 is 6.36. The Morgan fingerprint density at radius 1 is 1.08 bits per heavy atom. The predicted molar refractivity (Wildman–Crippen MR) is 151 cm³/mol. The number of Topliss-reactive ketones (excluding diaryl/α,β-unsaturated/α-hetero) is 2. The summed E-state index contributed by atoms with van der Waals surface area (Å²) in [6.07, 6.45) is 10.0. The molecule has 1 atom stereocenters. The SMILES string of the molecule is CC(=O)CCC1CCC(CCn2ncc(Cl)c2C(=O)C(C)Nc2ncc(C#Cc3ccccc3)cc2F)CC1. The molecular formula is C31H34ClFN4O2. The largest absolute Gasteiger partial charge is 0.358 e. The number of carbonyl (C=O) groups excluding carboxylic acids is 2. The molecule has 0 radical (unpaired) electrons. The number of carbonyl (C=O) groups is 2. The molecule has 2 aromatic heterocycles. The van der Waals surface area contributed by atoms with Crippen molar-refractivity contribution in [3.05, 3.63) is 76.5 Å². The molecule has 0 saturated heterocycles. The number of hydrogen-bond donors (Lipinski definition) is 1. The van der Waals surface area contributed by atoms with Crippen molar-refractivity contribution in [1.29, 1.82) is 0 Å². The van der Waals surface area contributed by atoms with Gasteiger partial charge in [-0.1, -0.05) is 67.3 Å². The van der Waals surface area contributed by atoms with Crippen LogP contribution < -0.4 is 5.32 Å². The summed E-state index contributed by atoms with van der Waals surface area (Å²) in [6, 6.07) is 9.96. The summed E-state index contributed by atoms with van der Waals surface area (Å²) in [4.78, 5) is 28.7. The molecule has 0 aliphatic heterocycles. The van der Waals surface area contributed by atoms with Crippen molar-refractivity contribution < 1.29 is 14.0 Å². The Balaban J connectivity index is 1.33. The molecule has 39 heavy (non-hydrogen) atoms. The Bertz CT molecular complexity index is 1350. The fraction of sp³-hybridized carbons (Fsp3) is 0.419. The van der Waals surface area contributed by atoms with Crippen LogP contribution in [0.15, 0.2) is 48.8 Å². The van der Waals surface area contributed by atoms with E-state index in [-0.39, 0.29) is 22.4 Å². The molecular weight excluding hydrogens is 515 g/mol. The van der Waals surface area contributed by atoms with Gasteiger partial charge in [0.05, 0.1) is 17.3 Å². The minimum atomic E-state index is -0.766. The zero-order chi connectivity index (χ0) is 27.8. The molecule has 1 saturated carbocycles. The number of aromatic nitrogens is 3. The molecule has 1 aromatic carbocycles. The first-order valence-electron chi connectivity index (χ1n) is 13.5. The minimum Gasteiger partial charge on any atom is -0.358 e. The highest BCUT2D eigenvalue weighted by Crippen LogP contribution is 2.34. The van der Waals surface area contributed by atoms with Gasteiger partial charge in [0.2, 0.25) is 5.78 Å². The van der Waals surface area contributed by atoms with E-state index in [1.807, 2.05) is 30.3 Å². The van der Waals surface area contributed by atoms with Gasteiger partial charge < -0.3 is 10.1 Å². The van der Waals surface area contributed by atoms with Crippen LogP contribution in [0.2, 0.25) is 5.02 Å². The second kappa shape index (κ2) is 13.5. The molecule has 204 valence electrons. The van der Waals surface area contributed by atoms with Crippen LogP contribution in [-0.4, -0.2) is 32.4 Å². The van der Waals surface area contributed by atoms with Gasteiger partial charge >= 0.3 is 0 Å². The smallest absolute Gasteiger partial charge is 0.204 e. The Morgan fingerprint density at radius 3 is 2.41 bits per heavy atom. The highest BCUT2D eigenvalue weighted by Gasteiger charge is 2.26. The van der Waals surface area contributed by atoms with E-state index in [9.17, 15) is 14.0 Å². The van der Waals surface area contributed by atoms with Crippen molar-refractivity contribution in [3.8, 4) is 11.8 Å². The highest BCUT2D eigenvalue weighted by molar-refractivity contribution is 6.33. The number of benzene rings is 1. The van der Waals surface area contributed by atoms with Crippen LogP contribution in [0, 0.1) is 29.5 Å². The lowest BCUT2D eigenvalue weighted by Crippen LogP contribution is -2.30. The number of rotatable bonds is 10. The summed E-state index contributed by atoms with van der Waals surface area (Å²) < 4.78 is 16.4. The summed E-state index contributed by atoms with van der Waals surface area (Å²) in [6.45, 7) is 3.90. The third-order valence-electron chi connectivity index (χ3n) is 7.36. The maximum atomic E-state index is 14.8. The van der Waals surface area contributed by atoms with Gasteiger partial charge in [0.15, 0.2) is 11.6 Å². The average molecular weight is 549 g/mol. The molecule has 2 heterocycles.